The lowest BCUT2D eigenvalue weighted by Gasteiger charge is -2.30. The van der Waals surface area contributed by atoms with Gasteiger partial charge in [-0.3, -0.25) is 4.90 Å². The largest absolute Gasteiger partial charge is 0.390 e. The van der Waals surface area contributed by atoms with Crippen LogP contribution < -0.4 is 11.5 Å². The number of hydrogen-bond acceptors (Lipinski definition) is 3. The molecule has 0 aromatic rings. The Kier molecular flexibility index (Phi) is 4.15. The topological polar surface area (TPSA) is 55.3 Å². The fourth-order valence-corrected chi connectivity index (χ4v) is 1.19. The summed E-state index contributed by atoms with van der Waals surface area (Å²) in [7, 11) is 1.63. The first-order valence-electron chi connectivity index (χ1n) is 3.90. The predicted octanol–water partition coefficient (Wildman–Crippen LogP) is 0.504. The van der Waals surface area contributed by atoms with Gasteiger partial charge in [0.15, 0.2) is 0 Å². The van der Waals surface area contributed by atoms with Crippen molar-refractivity contribution in [3.8, 4) is 0 Å². The number of nitrogens with zero attached hydrogens (tertiary/aromatic N) is 1. The lowest BCUT2D eigenvalue weighted by Crippen LogP contribution is -2.50. The third kappa shape index (κ3) is 6.80. The molecule has 0 heterocycles. The van der Waals surface area contributed by atoms with Gasteiger partial charge >= 0.3 is 6.18 Å². The van der Waals surface area contributed by atoms with Crippen LogP contribution in [0.25, 0.3) is 0 Å². The summed E-state index contributed by atoms with van der Waals surface area (Å²) in [6.07, 6.45) is -5.22. The molecule has 0 fully saturated rings. The highest BCUT2D eigenvalue weighted by atomic mass is 19.4. The van der Waals surface area contributed by atoms with Gasteiger partial charge in [0.25, 0.3) is 0 Å². The van der Waals surface area contributed by atoms with Gasteiger partial charge in [0.1, 0.15) is 0 Å². The van der Waals surface area contributed by atoms with E-state index < -0.39 is 18.1 Å². The van der Waals surface area contributed by atoms with Crippen LogP contribution in [0.2, 0.25) is 0 Å². The third-order valence-electron chi connectivity index (χ3n) is 1.55. The van der Waals surface area contributed by atoms with E-state index in [9.17, 15) is 13.2 Å². The Balaban J connectivity index is 4.08. The van der Waals surface area contributed by atoms with Gasteiger partial charge in [-0.15, -0.1) is 0 Å². The molecule has 0 aliphatic rings. The molecule has 0 aromatic carbocycles. The van der Waals surface area contributed by atoms with E-state index in [0.29, 0.717) is 0 Å². The number of likely N-dealkylation sites (N-methyl/N-ethyl adjacent to an activating group) is 1. The Morgan fingerprint density at radius 1 is 1.31 bits per heavy atom. The van der Waals surface area contributed by atoms with E-state index in [1.807, 2.05) is 0 Å². The van der Waals surface area contributed by atoms with Gasteiger partial charge in [-0.05, 0) is 14.0 Å². The van der Waals surface area contributed by atoms with Crippen molar-refractivity contribution in [3.63, 3.8) is 0 Å². The first-order chi connectivity index (χ1) is 5.66. The summed E-state index contributed by atoms with van der Waals surface area (Å²) in [5.41, 5.74) is 9.42. The lowest BCUT2D eigenvalue weighted by atomic mass is 9.98. The van der Waals surface area contributed by atoms with Crippen molar-refractivity contribution in [2.45, 2.75) is 25.1 Å². The summed E-state index contributed by atoms with van der Waals surface area (Å²) < 4.78 is 35.9. The summed E-state index contributed by atoms with van der Waals surface area (Å²) >= 11 is 0. The Hall–Kier alpha value is -0.330. The van der Waals surface area contributed by atoms with Crippen LogP contribution in [0.1, 0.15) is 13.3 Å². The van der Waals surface area contributed by atoms with Gasteiger partial charge in [0.05, 0.1) is 6.42 Å². The molecule has 0 spiro atoms. The maximum absolute atomic E-state index is 12.0. The molecular weight excluding hydrogens is 183 g/mol. The molecule has 0 radical (unpaired) electrons. The van der Waals surface area contributed by atoms with E-state index in [0.717, 1.165) is 0 Å². The number of nitrogens with two attached hydrogens (primary N) is 2. The average Bonchev–Trinajstić information content (AvgIpc) is 1.80. The third-order valence-corrected chi connectivity index (χ3v) is 1.55. The van der Waals surface area contributed by atoms with E-state index in [2.05, 4.69) is 0 Å². The highest BCUT2D eigenvalue weighted by molar-refractivity contribution is 4.84. The molecule has 0 aliphatic heterocycles. The summed E-state index contributed by atoms with van der Waals surface area (Å²) in [5, 5.41) is 0. The van der Waals surface area contributed by atoms with Crippen LogP contribution in [0.4, 0.5) is 13.2 Å². The van der Waals surface area contributed by atoms with E-state index in [-0.39, 0.29) is 13.2 Å². The van der Waals surface area contributed by atoms with E-state index in [4.69, 9.17) is 11.5 Å². The van der Waals surface area contributed by atoms with Crippen LogP contribution in [0.5, 0.6) is 0 Å². The number of alkyl halides is 3. The fraction of sp³-hybridized carbons (Fsp3) is 1.00. The minimum atomic E-state index is -4.22. The molecule has 0 aromatic heterocycles. The van der Waals surface area contributed by atoms with Crippen LogP contribution in [-0.2, 0) is 0 Å². The molecule has 6 heteroatoms. The number of hydrogen-bond donors (Lipinski definition) is 2. The van der Waals surface area contributed by atoms with Gasteiger partial charge in [0, 0.05) is 18.8 Å². The highest BCUT2D eigenvalue weighted by Crippen LogP contribution is 2.26. The minimum Gasteiger partial charge on any atom is -0.324 e. The zero-order valence-corrected chi connectivity index (χ0v) is 7.86. The Morgan fingerprint density at radius 2 is 1.77 bits per heavy atom. The van der Waals surface area contributed by atoms with Gasteiger partial charge in [-0.25, -0.2) is 0 Å². The number of halogens is 3. The second-order valence-corrected chi connectivity index (χ2v) is 3.64. The van der Waals surface area contributed by atoms with Gasteiger partial charge in [-0.1, -0.05) is 0 Å². The van der Waals surface area contributed by atoms with Crippen molar-refractivity contribution in [1.29, 1.82) is 0 Å². The molecule has 0 bridgehead atoms. The zero-order chi connectivity index (χ0) is 10.7. The van der Waals surface area contributed by atoms with Crippen LogP contribution in [0.3, 0.4) is 0 Å². The van der Waals surface area contributed by atoms with Gasteiger partial charge < -0.3 is 11.5 Å². The van der Waals surface area contributed by atoms with Crippen molar-refractivity contribution < 1.29 is 13.2 Å². The quantitative estimate of drug-likeness (QED) is 0.648. The fourth-order valence-electron chi connectivity index (χ4n) is 1.19. The minimum absolute atomic E-state index is 0.128. The van der Waals surface area contributed by atoms with Crippen molar-refractivity contribution in [1.82, 2.24) is 4.90 Å². The molecule has 80 valence electrons. The summed E-state index contributed by atoms with van der Waals surface area (Å²) in [6.45, 7) is 1.69. The van der Waals surface area contributed by atoms with Crippen molar-refractivity contribution in [3.05, 3.63) is 0 Å². The molecule has 0 amide bonds. The van der Waals surface area contributed by atoms with Crippen LogP contribution in [0.15, 0.2) is 0 Å². The second kappa shape index (κ2) is 4.26. The summed E-state index contributed by atoms with van der Waals surface area (Å²) in [5.74, 6) is 0. The maximum atomic E-state index is 12.0. The van der Waals surface area contributed by atoms with Gasteiger partial charge in [-0.2, -0.15) is 13.2 Å². The molecule has 4 N–H and O–H groups in total. The Labute approximate surface area is 75.9 Å². The first kappa shape index (κ1) is 12.7. The SMILES string of the molecule is CN(CN)C[C@](C)(N)CC(F)(F)F. The smallest absolute Gasteiger partial charge is 0.324 e. The molecule has 1 atom stereocenters. The standard InChI is InChI=1S/C7H16F3N3/c1-6(12,3-7(8,9)10)4-13(2)5-11/h3-5,11-12H2,1-2H3/t6-/m1/s1. The molecule has 0 rings (SSSR count). The Bertz CT molecular complexity index is 156. The monoisotopic (exact) mass is 199 g/mol. The first-order valence-corrected chi connectivity index (χ1v) is 3.90. The summed E-state index contributed by atoms with van der Waals surface area (Å²) in [4.78, 5) is 1.55. The highest BCUT2D eigenvalue weighted by Gasteiger charge is 2.37. The molecule has 0 saturated heterocycles. The van der Waals surface area contributed by atoms with E-state index in [1.54, 1.807) is 11.9 Å². The van der Waals surface area contributed by atoms with Crippen LogP contribution in [0, 0.1) is 0 Å². The molecule has 3 nitrogen and oxygen atoms in total. The molecule has 0 aliphatic carbocycles. The molecule has 13 heavy (non-hydrogen) atoms. The van der Waals surface area contributed by atoms with Crippen molar-refractivity contribution in [2.75, 3.05) is 20.3 Å². The molecule has 0 saturated carbocycles. The normalized spacial score (nSPS) is 17.5. The summed E-state index contributed by atoms with van der Waals surface area (Å²) in [6, 6.07) is 0. The van der Waals surface area contributed by atoms with Crippen LogP contribution in [-0.4, -0.2) is 36.9 Å². The lowest BCUT2D eigenvalue weighted by molar-refractivity contribution is -0.147. The van der Waals surface area contributed by atoms with Crippen LogP contribution >= 0.6 is 0 Å². The van der Waals surface area contributed by atoms with E-state index >= 15 is 0 Å². The second-order valence-electron chi connectivity index (χ2n) is 3.64. The molecule has 0 unspecified atom stereocenters. The zero-order valence-electron chi connectivity index (χ0n) is 7.86. The maximum Gasteiger partial charge on any atom is 0.390 e. The number of rotatable bonds is 4. The van der Waals surface area contributed by atoms with Crippen molar-refractivity contribution >= 4 is 0 Å². The molecular formula is C7H16F3N3. The van der Waals surface area contributed by atoms with Gasteiger partial charge in [0.2, 0.25) is 0 Å². The van der Waals surface area contributed by atoms with E-state index in [1.165, 1.54) is 6.92 Å². The predicted molar refractivity (Wildman–Crippen MR) is 44.9 cm³/mol. The Morgan fingerprint density at radius 3 is 2.08 bits per heavy atom. The average molecular weight is 199 g/mol. The van der Waals surface area contributed by atoms with Crippen molar-refractivity contribution in [2.24, 2.45) is 11.5 Å².